The molecule has 0 spiro atoms. The lowest BCUT2D eigenvalue weighted by atomic mass is 10.2. The van der Waals surface area contributed by atoms with Crippen molar-refractivity contribution in [1.29, 1.82) is 0 Å². The zero-order chi connectivity index (χ0) is 17.9. The summed E-state index contributed by atoms with van der Waals surface area (Å²) < 4.78 is 7.26. The molecule has 1 amide bonds. The summed E-state index contributed by atoms with van der Waals surface area (Å²) in [4.78, 5) is 17.6. The summed E-state index contributed by atoms with van der Waals surface area (Å²) in [5.41, 5.74) is 3.00. The number of rotatable bonds is 6. The number of carbonyl (C=O) groups is 1. The Kier molecular flexibility index (Phi) is 4.77. The fourth-order valence-corrected chi connectivity index (χ4v) is 3.73. The zero-order valence-corrected chi connectivity index (χ0v) is 15.4. The number of halogens is 1. The summed E-state index contributed by atoms with van der Waals surface area (Å²) in [7, 11) is 0. The number of thiazole rings is 1. The monoisotopic (exact) mass is 385 g/mol. The Morgan fingerprint density at radius 1 is 1.27 bits per heavy atom. The summed E-state index contributed by atoms with van der Waals surface area (Å²) in [5.74, 6) is 0.747. The highest BCUT2D eigenvalue weighted by Gasteiger charge is 2.11. The van der Waals surface area contributed by atoms with Crippen LogP contribution in [0, 0.1) is 0 Å². The normalized spacial score (nSPS) is 11.1. The summed E-state index contributed by atoms with van der Waals surface area (Å²) >= 11 is 7.52. The van der Waals surface area contributed by atoms with E-state index >= 15 is 0 Å². The third kappa shape index (κ3) is 3.66. The van der Waals surface area contributed by atoms with Gasteiger partial charge in [-0.05, 0) is 30.7 Å². The Morgan fingerprint density at radius 3 is 2.88 bits per heavy atom. The SMILES string of the molecule is O=C(CCc1csc2nc(-c3ccc(Cl)cc3)cn12)NCc1ccco1. The lowest BCUT2D eigenvalue weighted by Crippen LogP contribution is -2.22. The van der Waals surface area contributed by atoms with Gasteiger partial charge in [0.15, 0.2) is 4.96 Å². The number of aryl methyl sites for hydroxylation is 1. The molecule has 3 aromatic heterocycles. The average Bonchev–Trinajstić information content (AvgIpc) is 3.36. The lowest BCUT2D eigenvalue weighted by molar-refractivity contribution is -0.121. The lowest BCUT2D eigenvalue weighted by Gasteiger charge is -2.03. The van der Waals surface area contributed by atoms with Crippen molar-refractivity contribution in [2.45, 2.75) is 19.4 Å². The third-order valence-electron chi connectivity index (χ3n) is 4.07. The smallest absolute Gasteiger partial charge is 0.220 e. The number of benzene rings is 1. The van der Waals surface area contributed by atoms with E-state index in [1.807, 2.05) is 41.9 Å². The Labute approximate surface area is 159 Å². The van der Waals surface area contributed by atoms with Crippen molar-refractivity contribution in [3.63, 3.8) is 0 Å². The van der Waals surface area contributed by atoms with E-state index in [1.165, 1.54) is 0 Å². The molecule has 0 aliphatic heterocycles. The molecule has 0 atom stereocenters. The van der Waals surface area contributed by atoms with E-state index in [9.17, 15) is 4.79 Å². The van der Waals surface area contributed by atoms with Gasteiger partial charge in [-0.2, -0.15) is 0 Å². The number of fused-ring (bicyclic) bond motifs is 1. The molecule has 26 heavy (non-hydrogen) atoms. The minimum Gasteiger partial charge on any atom is -0.467 e. The molecule has 3 heterocycles. The molecule has 0 saturated heterocycles. The van der Waals surface area contributed by atoms with Crippen LogP contribution < -0.4 is 5.32 Å². The Hall–Kier alpha value is -2.57. The van der Waals surface area contributed by atoms with Crippen LogP contribution in [-0.4, -0.2) is 15.3 Å². The topological polar surface area (TPSA) is 59.5 Å². The van der Waals surface area contributed by atoms with Crippen molar-refractivity contribution in [3.05, 3.63) is 70.7 Å². The van der Waals surface area contributed by atoms with Gasteiger partial charge in [0.25, 0.3) is 0 Å². The molecular weight excluding hydrogens is 370 g/mol. The average molecular weight is 386 g/mol. The standard InChI is InChI=1S/C19H16ClN3O2S/c20-14-5-3-13(4-6-14)17-11-23-15(12-26-19(23)22-17)7-8-18(24)21-10-16-2-1-9-25-16/h1-6,9,11-12H,7-8,10H2,(H,21,24). The highest BCUT2D eigenvalue weighted by atomic mass is 35.5. The fourth-order valence-electron chi connectivity index (χ4n) is 2.70. The van der Waals surface area contributed by atoms with Crippen LogP contribution in [-0.2, 0) is 17.8 Å². The van der Waals surface area contributed by atoms with Crippen molar-refractivity contribution in [2.24, 2.45) is 0 Å². The molecule has 0 fully saturated rings. The van der Waals surface area contributed by atoms with E-state index in [-0.39, 0.29) is 5.91 Å². The van der Waals surface area contributed by atoms with Crippen molar-refractivity contribution >= 4 is 33.8 Å². The predicted octanol–water partition coefficient (Wildman–Crippen LogP) is 4.56. The summed E-state index contributed by atoms with van der Waals surface area (Å²) in [6, 6.07) is 11.3. The van der Waals surface area contributed by atoms with Gasteiger partial charge in [-0.1, -0.05) is 23.7 Å². The first-order valence-electron chi connectivity index (χ1n) is 8.19. The summed E-state index contributed by atoms with van der Waals surface area (Å²) in [6.07, 6.45) is 4.67. The number of aromatic nitrogens is 2. The Morgan fingerprint density at radius 2 is 2.12 bits per heavy atom. The van der Waals surface area contributed by atoms with Gasteiger partial charge < -0.3 is 9.73 Å². The number of hydrogen-bond donors (Lipinski definition) is 1. The number of imidazole rings is 1. The molecule has 1 N–H and O–H groups in total. The van der Waals surface area contributed by atoms with Gasteiger partial charge in [0, 0.05) is 34.3 Å². The van der Waals surface area contributed by atoms with Gasteiger partial charge in [0.05, 0.1) is 18.5 Å². The van der Waals surface area contributed by atoms with Crippen LogP contribution in [0.4, 0.5) is 0 Å². The van der Waals surface area contributed by atoms with Crippen molar-refractivity contribution in [3.8, 4) is 11.3 Å². The van der Waals surface area contributed by atoms with Gasteiger partial charge in [0.2, 0.25) is 5.91 Å². The van der Waals surface area contributed by atoms with Crippen molar-refractivity contribution in [2.75, 3.05) is 0 Å². The molecule has 0 aliphatic rings. The molecule has 0 bridgehead atoms. The summed E-state index contributed by atoms with van der Waals surface area (Å²) in [6.45, 7) is 0.413. The second-order valence-corrected chi connectivity index (χ2v) is 7.14. The second-order valence-electron chi connectivity index (χ2n) is 5.87. The van der Waals surface area contributed by atoms with Gasteiger partial charge in [-0.3, -0.25) is 9.20 Å². The molecule has 1 aromatic carbocycles. The first-order chi connectivity index (χ1) is 12.7. The molecule has 0 unspecified atom stereocenters. The minimum atomic E-state index is -0.00112. The van der Waals surface area contributed by atoms with E-state index in [0.717, 1.165) is 27.7 Å². The predicted molar refractivity (Wildman–Crippen MR) is 102 cm³/mol. The fraction of sp³-hybridized carbons (Fsp3) is 0.158. The quantitative estimate of drug-likeness (QED) is 0.529. The number of hydrogen-bond acceptors (Lipinski definition) is 4. The molecule has 4 rings (SSSR count). The van der Waals surface area contributed by atoms with Gasteiger partial charge in [-0.15, -0.1) is 11.3 Å². The zero-order valence-electron chi connectivity index (χ0n) is 13.8. The molecule has 0 aliphatic carbocycles. The Bertz CT molecular complexity index is 1020. The third-order valence-corrected chi connectivity index (χ3v) is 5.21. The van der Waals surface area contributed by atoms with E-state index in [1.54, 1.807) is 23.7 Å². The number of carbonyl (C=O) groups excluding carboxylic acids is 1. The molecule has 0 saturated carbocycles. The summed E-state index contributed by atoms with van der Waals surface area (Å²) in [5, 5.41) is 5.62. The number of nitrogens with one attached hydrogen (secondary N) is 1. The molecule has 7 heteroatoms. The first kappa shape index (κ1) is 16.9. The minimum absolute atomic E-state index is 0.00112. The molecule has 5 nitrogen and oxygen atoms in total. The number of nitrogens with zero attached hydrogens (tertiary/aromatic N) is 2. The maximum Gasteiger partial charge on any atom is 0.220 e. The van der Waals surface area contributed by atoms with Crippen LogP contribution in [0.25, 0.3) is 16.2 Å². The van der Waals surface area contributed by atoms with E-state index in [2.05, 4.69) is 14.7 Å². The van der Waals surface area contributed by atoms with E-state index < -0.39 is 0 Å². The Balaban J connectivity index is 1.42. The van der Waals surface area contributed by atoms with Gasteiger partial charge >= 0.3 is 0 Å². The largest absolute Gasteiger partial charge is 0.467 e. The highest BCUT2D eigenvalue weighted by Crippen LogP contribution is 2.25. The molecule has 0 radical (unpaired) electrons. The highest BCUT2D eigenvalue weighted by molar-refractivity contribution is 7.15. The van der Waals surface area contributed by atoms with Gasteiger partial charge in [0.1, 0.15) is 5.76 Å². The van der Waals surface area contributed by atoms with E-state index in [0.29, 0.717) is 24.4 Å². The van der Waals surface area contributed by atoms with E-state index in [4.69, 9.17) is 16.0 Å². The van der Waals surface area contributed by atoms with Gasteiger partial charge in [-0.25, -0.2) is 4.98 Å². The maximum absolute atomic E-state index is 12.0. The molecular formula is C19H16ClN3O2S. The van der Waals surface area contributed by atoms with Crippen LogP contribution in [0.1, 0.15) is 17.9 Å². The van der Waals surface area contributed by atoms with Crippen molar-refractivity contribution < 1.29 is 9.21 Å². The van der Waals surface area contributed by atoms with Crippen LogP contribution in [0.2, 0.25) is 5.02 Å². The number of furan rings is 1. The van der Waals surface area contributed by atoms with Crippen LogP contribution >= 0.6 is 22.9 Å². The second kappa shape index (κ2) is 7.35. The number of amides is 1. The van der Waals surface area contributed by atoms with Crippen LogP contribution in [0.15, 0.2) is 58.7 Å². The maximum atomic E-state index is 12.0. The van der Waals surface area contributed by atoms with Crippen LogP contribution in [0.3, 0.4) is 0 Å². The molecule has 4 aromatic rings. The van der Waals surface area contributed by atoms with Crippen molar-refractivity contribution in [1.82, 2.24) is 14.7 Å². The first-order valence-corrected chi connectivity index (χ1v) is 9.45. The molecule has 132 valence electrons. The van der Waals surface area contributed by atoms with Crippen LogP contribution in [0.5, 0.6) is 0 Å².